The molecule has 0 bridgehead atoms. The summed E-state index contributed by atoms with van der Waals surface area (Å²) in [6, 6.07) is 20.4. The van der Waals surface area contributed by atoms with Crippen molar-refractivity contribution in [3.63, 3.8) is 0 Å². The fourth-order valence-corrected chi connectivity index (χ4v) is 3.63. The predicted molar refractivity (Wildman–Crippen MR) is 125 cm³/mol. The fourth-order valence-electron chi connectivity index (χ4n) is 2.96. The van der Waals surface area contributed by atoms with Gasteiger partial charge in [0, 0.05) is 35.0 Å². The number of benzene rings is 3. The second kappa shape index (κ2) is 9.19. The van der Waals surface area contributed by atoms with Crippen LogP contribution < -0.4 is 5.32 Å². The number of nitrogens with zero attached hydrogens (tertiary/aromatic N) is 3. The van der Waals surface area contributed by atoms with E-state index in [0.717, 1.165) is 16.9 Å². The number of non-ortho nitro benzene ring substituents is 1. The van der Waals surface area contributed by atoms with Gasteiger partial charge in [0.25, 0.3) is 5.69 Å². The molecule has 8 nitrogen and oxygen atoms in total. The normalized spacial score (nSPS) is 10.9. The van der Waals surface area contributed by atoms with Crippen LogP contribution in [0.2, 0.25) is 0 Å². The number of anilines is 2. The van der Waals surface area contributed by atoms with Crippen LogP contribution in [0.15, 0.2) is 83.2 Å². The van der Waals surface area contributed by atoms with E-state index in [1.807, 2.05) is 29.6 Å². The predicted octanol–water partition coefficient (Wildman–Crippen LogP) is 5.91. The number of rotatable bonds is 7. The maximum atomic E-state index is 11.4. The summed E-state index contributed by atoms with van der Waals surface area (Å²) in [5.74, 6) is -0.995. The van der Waals surface area contributed by atoms with Crippen LogP contribution in [0.25, 0.3) is 11.3 Å². The SMILES string of the molecule is O=C(O)c1ccccc1Nc1ccc(-c2csc(/N=C/c3cccc([N+](=O)[O-])c3)n2)cc1. The molecule has 9 heteroatoms. The Morgan fingerprint density at radius 2 is 1.88 bits per heavy atom. The minimum atomic E-state index is -0.995. The molecule has 0 amide bonds. The first-order chi connectivity index (χ1) is 15.5. The number of nitro groups is 1. The molecule has 0 spiro atoms. The molecular weight excluding hydrogens is 428 g/mol. The third-order valence-corrected chi connectivity index (χ3v) is 5.26. The molecule has 0 saturated carbocycles. The minimum Gasteiger partial charge on any atom is -0.478 e. The molecule has 0 atom stereocenters. The van der Waals surface area contributed by atoms with Crippen LogP contribution in [0.4, 0.5) is 22.2 Å². The number of thiazole rings is 1. The topological polar surface area (TPSA) is 118 Å². The van der Waals surface area contributed by atoms with Gasteiger partial charge in [-0.1, -0.05) is 36.4 Å². The van der Waals surface area contributed by atoms with Gasteiger partial charge in [-0.3, -0.25) is 10.1 Å². The van der Waals surface area contributed by atoms with Gasteiger partial charge in [0.2, 0.25) is 5.13 Å². The monoisotopic (exact) mass is 444 g/mol. The largest absolute Gasteiger partial charge is 0.478 e. The zero-order valence-electron chi connectivity index (χ0n) is 16.5. The highest BCUT2D eigenvalue weighted by molar-refractivity contribution is 7.13. The molecule has 3 aromatic carbocycles. The summed E-state index contributed by atoms with van der Waals surface area (Å²) < 4.78 is 0. The average Bonchev–Trinajstić information content (AvgIpc) is 3.28. The third kappa shape index (κ3) is 4.85. The lowest BCUT2D eigenvalue weighted by Gasteiger charge is -2.09. The van der Waals surface area contributed by atoms with Crippen molar-refractivity contribution < 1.29 is 14.8 Å². The number of aromatic carboxylic acids is 1. The smallest absolute Gasteiger partial charge is 0.337 e. The van der Waals surface area contributed by atoms with Crippen LogP contribution in [0.5, 0.6) is 0 Å². The molecule has 0 unspecified atom stereocenters. The summed E-state index contributed by atoms with van der Waals surface area (Å²) in [5.41, 5.74) is 3.72. The van der Waals surface area contributed by atoms with Crippen LogP contribution in [0, 0.1) is 10.1 Å². The van der Waals surface area contributed by atoms with Gasteiger partial charge in [-0.05, 0) is 29.8 Å². The maximum Gasteiger partial charge on any atom is 0.337 e. The third-order valence-electron chi connectivity index (χ3n) is 4.51. The minimum absolute atomic E-state index is 0.00783. The zero-order chi connectivity index (χ0) is 22.5. The van der Waals surface area contributed by atoms with Crippen LogP contribution in [-0.4, -0.2) is 27.2 Å². The highest BCUT2D eigenvalue weighted by atomic mass is 32.1. The first kappa shape index (κ1) is 20.9. The number of para-hydroxylation sites is 1. The van der Waals surface area contributed by atoms with Gasteiger partial charge in [-0.25, -0.2) is 14.8 Å². The highest BCUT2D eigenvalue weighted by Crippen LogP contribution is 2.29. The number of hydrogen-bond acceptors (Lipinski definition) is 7. The molecule has 0 radical (unpaired) electrons. The van der Waals surface area contributed by atoms with E-state index < -0.39 is 10.9 Å². The van der Waals surface area contributed by atoms with Crippen molar-refractivity contribution in [2.75, 3.05) is 5.32 Å². The van der Waals surface area contributed by atoms with Gasteiger partial charge in [0.15, 0.2) is 0 Å². The van der Waals surface area contributed by atoms with Gasteiger partial charge in [0.1, 0.15) is 0 Å². The Hall–Kier alpha value is -4.37. The molecule has 4 aromatic rings. The van der Waals surface area contributed by atoms with Crippen LogP contribution >= 0.6 is 11.3 Å². The Morgan fingerprint density at radius 1 is 1.09 bits per heavy atom. The van der Waals surface area contributed by atoms with Crippen molar-refractivity contribution >= 4 is 45.7 Å². The Bertz CT molecular complexity index is 1320. The number of nitro benzene ring substituents is 1. The van der Waals surface area contributed by atoms with E-state index in [4.69, 9.17) is 0 Å². The molecule has 0 aliphatic rings. The summed E-state index contributed by atoms with van der Waals surface area (Å²) >= 11 is 1.36. The number of nitrogens with one attached hydrogen (secondary N) is 1. The highest BCUT2D eigenvalue weighted by Gasteiger charge is 2.10. The van der Waals surface area contributed by atoms with Crippen molar-refractivity contribution in [3.05, 3.63) is 99.4 Å². The number of carboxylic acid groups (broad SMARTS) is 1. The van der Waals surface area contributed by atoms with Crippen LogP contribution in [-0.2, 0) is 0 Å². The fraction of sp³-hybridized carbons (Fsp3) is 0. The summed E-state index contributed by atoms with van der Waals surface area (Å²) in [5, 5.41) is 25.7. The first-order valence-electron chi connectivity index (χ1n) is 9.43. The Morgan fingerprint density at radius 3 is 2.62 bits per heavy atom. The summed E-state index contributed by atoms with van der Waals surface area (Å²) in [6.07, 6.45) is 1.54. The second-order valence-electron chi connectivity index (χ2n) is 6.68. The second-order valence-corrected chi connectivity index (χ2v) is 7.52. The van der Waals surface area contributed by atoms with Gasteiger partial charge in [-0.15, -0.1) is 11.3 Å². The standard InChI is InChI=1S/C23H16N4O4S/c28-22(29)19-6-1-2-7-20(19)25-17-10-8-16(9-11-17)21-14-32-23(26-21)24-13-15-4-3-5-18(12-15)27(30)31/h1-14,25H,(H,28,29)/b24-13+. The van der Waals surface area contributed by atoms with Crippen molar-refractivity contribution in [2.45, 2.75) is 0 Å². The van der Waals surface area contributed by atoms with Crippen LogP contribution in [0.3, 0.4) is 0 Å². The zero-order valence-corrected chi connectivity index (χ0v) is 17.3. The Kier molecular flexibility index (Phi) is 6.00. The number of carboxylic acids is 1. The van der Waals surface area contributed by atoms with E-state index in [1.165, 1.54) is 23.5 Å². The maximum absolute atomic E-state index is 11.4. The van der Waals surface area contributed by atoms with E-state index in [1.54, 1.807) is 42.6 Å². The van der Waals surface area contributed by atoms with E-state index in [2.05, 4.69) is 15.3 Å². The molecule has 1 aromatic heterocycles. The van der Waals surface area contributed by atoms with Crippen molar-refractivity contribution in [1.29, 1.82) is 0 Å². The van der Waals surface area contributed by atoms with Gasteiger partial charge in [-0.2, -0.15) is 0 Å². The number of aromatic nitrogens is 1. The molecule has 4 rings (SSSR count). The Balaban J connectivity index is 1.47. The Labute approximate surface area is 186 Å². The van der Waals surface area contributed by atoms with Crippen LogP contribution in [0.1, 0.15) is 15.9 Å². The van der Waals surface area contributed by atoms with E-state index in [0.29, 0.717) is 16.4 Å². The molecule has 32 heavy (non-hydrogen) atoms. The molecule has 158 valence electrons. The van der Waals surface area contributed by atoms with Crippen molar-refractivity contribution in [1.82, 2.24) is 4.98 Å². The lowest BCUT2D eigenvalue weighted by Crippen LogP contribution is -2.02. The molecule has 2 N–H and O–H groups in total. The summed E-state index contributed by atoms with van der Waals surface area (Å²) in [4.78, 5) is 30.6. The molecule has 1 heterocycles. The van der Waals surface area contributed by atoms with Crippen molar-refractivity contribution in [2.24, 2.45) is 4.99 Å². The molecule has 0 aliphatic heterocycles. The van der Waals surface area contributed by atoms with Gasteiger partial charge >= 0.3 is 5.97 Å². The van der Waals surface area contributed by atoms with E-state index >= 15 is 0 Å². The molecule has 0 aliphatic carbocycles. The van der Waals surface area contributed by atoms with E-state index in [9.17, 15) is 20.0 Å². The summed E-state index contributed by atoms with van der Waals surface area (Å²) in [6.45, 7) is 0. The van der Waals surface area contributed by atoms with Gasteiger partial charge in [0.05, 0.1) is 21.9 Å². The quantitative estimate of drug-likeness (QED) is 0.208. The lowest BCUT2D eigenvalue weighted by molar-refractivity contribution is -0.384. The van der Waals surface area contributed by atoms with E-state index in [-0.39, 0.29) is 11.3 Å². The first-order valence-corrected chi connectivity index (χ1v) is 10.3. The number of aliphatic imine (C=N–C) groups is 1. The molecular formula is C23H16N4O4S. The molecule has 0 fully saturated rings. The molecule has 0 saturated heterocycles. The summed E-state index contributed by atoms with van der Waals surface area (Å²) in [7, 11) is 0. The van der Waals surface area contributed by atoms with Crippen molar-refractivity contribution in [3.8, 4) is 11.3 Å². The van der Waals surface area contributed by atoms with Gasteiger partial charge < -0.3 is 10.4 Å². The average molecular weight is 444 g/mol. The number of hydrogen-bond donors (Lipinski definition) is 2. The lowest BCUT2D eigenvalue weighted by atomic mass is 10.1. The number of carbonyl (C=O) groups is 1.